The minimum atomic E-state index is -0.422. The number of carbonyl (C=O) groups is 2. The number of hydrogen-bond acceptors (Lipinski definition) is 6. The van der Waals surface area contributed by atoms with Gasteiger partial charge in [0.15, 0.2) is 0 Å². The molecule has 4 unspecified atom stereocenters. The van der Waals surface area contributed by atoms with Crippen LogP contribution in [-0.2, 0) is 9.53 Å². The third-order valence-corrected chi connectivity index (χ3v) is 6.12. The van der Waals surface area contributed by atoms with Gasteiger partial charge in [0.05, 0.1) is 13.2 Å². The van der Waals surface area contributed by atoms with E-state index in [0.29, 0.717) is 24.2 Å². The minimum Gasteiger partial charge on any atom is -0.380 e. The molecule has 0 saturated carbocycles. The number of halogens is 1. The Morgan fingerprint density at radius 3 is 2.79 bits per heavy atom. The molecule has 0 bridgehead atoms. The summed E-state index contributed by atoms with van der Waals surface area (Å²) in [5.74, 6) is 0.200. The molecule has 3 saturated heterocycles. The first-order chi connectivity index (χ1) is 13.9. The smallest absolute Gasteiger partial charge is 0.327 e. The van der Waals surface area contributed by atoms with E-state index in [2.05, 4.69) is 22.0 Å². The Morgan fingerprint density at radius 1 is 1.28 bits per heavy atom. The number of nitrogens with zero attached hydrogens (tertiary/aromatic N) is 4. The van der Waals surface area contributed by atoms with Crippen molar-refractivity contribution in [3.63, 3.8) is 0 Å². The summed E-state index contributed by atoms with van der Waals surface area (Å²) in [6.45, 7) is 6.87. The third-order valence-electron chi connectivity index (χ3n) is 5.89. The molecule has 3 heterocycles. The minimum absolute atomic E-state index is 0.159. The van der Waals surface area contributed by atoms with Crippen LogP contribution in [0.5, 0.6) is 0 Å². The van der Waals surface area contributed by atoms with Gasteiger partial charge >= 0.3 is 6.03 Å². The van der Waals surface area contributed by atoms with Gasteiger partial charge in [0.25, 0.3) is 5.91 Å². The summed E-state index contributed by atoms with van der Waals surface area (Å²) >= 11 is 6.22. The first-order valence-electron chi connectivity index (χ1n) is 10.1. The summed E-state index contributed by atoms with van der Waals surface area (Å²) in [4.78, 5) is 33.5. The number of rotatable bonds is 5. The molecule has 4 atom stereocenters. The molecule has 158 valence electrons. The molecule has 3 aliphatic heterocycles. The van der Waals surface area contributed by atoms with Crippen molar-refractivity contribution in [1.29, 1.82) is 0 Å². The standard InChI is InChI=1S/C20H28ClN5O3/c1-4-29-9-8-24-18(27)16-17(23(3)20(24)28)22-19-25(11-13(2)12-26(16)19)15-7-5-6-14(21)10-15/h5-7,10,13,16-17,19,22H,4,8-9,11-12H2,1-3H3. The Morgan fingerprint density at radius 2 is 2.07 bits per heavy atom. The lowest BCUT2D eigenvalue weighted by Crippen LogP contribution is -2.67. The van der Waals surface area contributed by atoms with Crippen LogP contribution in [0.1, 0.15) is 13.8 Å². The molecule has 0 aromatic heterocycles. The normalized spacial score (nSPS) is 30.0. The van der Waals surface area contributed by atoms with E-state index >= 15 is 0 Å². The van der Waals surface area contributed by atoms with E-state index in [9.17, 15) is 9.59 Å². The zero-order chi connectivity index (χ0) is 20.7. The van der Waals surface area contributed by atoms with Crippen LogP contribution in [-0.4, -0.2) is 85.0 Å². The van der Waals surface area contributed by atoms with Gasteiger partial charge in [-0.05, 0) is 31.0 Å². The number of urea groups is 1. The number of anilines is 1. The fraction of sp³-hybridized carbons (Fsp3) is 0.600. The largest absolute Gasteiger partial charge is 0.380 e. The molecule has 4 rings (SSSR count). The van der Waals surface area contributed by atoms with Crippen LogP contribution in [0.15, 0.2) is 24.3 Å². The molecule has 1 aromatic carbocycles. The summed E-state index contributed by atoms with van der Waals surface area (Å²) in [5.41, 5.74) is 1.000. The second-order valence-electron chi connectivity index (χ2n) is 7.94. The molecule has 3 aliphatic rings. The second-order valence-corrected chi connectivity index (χ2v) is 8.38. The fourth-order valence-electron chi connectivity index (χ4n) is 4.58. The summed E-state index contributed by atoms with van der Waals surface area (Å²) in [6, 6.07) is 7.03. The number of benzene rings is 1. The highest BCUT2D eigenvalue weighted by Gasteiger charge is 2.56. The molecule has 3 amide bonds. The van der Waals surface area contributed by atoms with E-state index in [1.807, 2.05) is 31.2 Å². The quantitative estimate of drug-likeness (QED) is 0.728. The van der Waals surface area contributed by atoms with E-state index in [-0.39, 0.29) is 30.9 Å². The van der Waals surface area contributed by atoms with Gasteiger partial charge in [-0.3, -0.25) is 19.9 Å². The maximum atomic E-state index is 13.3. The number of nitrogens with one attached hydrogen (secondary N) is 1. The van der Waals surface area contributed by atoms with E-state index in [0.717, 1.165) is 18.8 Å². The van der Waals surface area contributed by atoms with Crippen LogP contribution in [0, 0.1) is 5.92 Å². The number of hydrogen-bond donors (Lipinski definition) is 1. The van der Waals surface area contributed by atoms with Gasteiger partial charge in [-0.1, -0.05) is 24.6 Å². The van der Waals surface area contributed by atoms with Gasteiger partial charge in [-0.25, -0.2) is 4.79 Å². The van der Waals surface area contributed by atoms with Crippen LogP contribution in [0.4, 0.5) is 10.5 Å². The second kappa shape index (κ2) is 8.10. The molecule has 1 aromatic rings. The van der Waals surface area contributed by atoms with Crippen LogP contribution >= 0.6 is 11.6 Å². The van der Waals surface area contributed by atoms with E-state index in [1.54, 1.807) is 11.9 Å². The number of likely N-dealkylation sites (N-methyl/N-ethyl adjacent to an activating group) is 1. The van der Waals surface area contributed by atoms with Crippen LogP contribution in [0.3, 0.4) is 0 Å². The van der Waals surface area contributed by atoms with Gasteiger partial charge < -0.3 is 14.5 Å². The van der Waals surface area contributed by atoms with Crippen LogP contribution < -0.4 is 10.2 Å². The van der Waals surface area contributed by atoms with Crippen molar-refractivity contribution in [2.75, 3.05) is 44.8 Å². The van der Waals surface area contributed by atoms with Crippen molar-refractivity contribution < 1.29 is 14.3 Å². The Hall–Kier alpha value is -1.87. The van der Waals surface area contributed by atoms with Crippen molar-refractivity contribution in [3.05, 3.63) is 29.3 Å². The van der Waals surface area contributed by atoms with Crippen molar-refractivity contribution in [2.45, 2.75) is 32.3 Å². The molecule has 8 nitrogen and oxygen atoms in total. The molecule has 29 heavy (non-hydrogen) atoms. The van der Waals surface area contributed by atoms with Crippen molar-refractivity contribution >= 4 is 29.2 Å². The van der Waals surface area contributed by atoms with E-state index < -0.39 is 6.04 Å². The molecule has 0 radical (unpaired) electrons. The summed E-state index contributed by atoms with van der Waals surface area (Å²) in [6.07, 6.45) is -0.541. The van der Waals surface area contributed by atoms with Gasteiger partial charge in [-0.15, -0.1) is 0 Å². The molecule has 1 N–H and O–H groups in total. The highest BCUT2D eigenvalue weighted by atomic mass is 35.5. The van der Waals surface area contributed by atoms with Gasteiger partial charge in [0.1, 0.15) is 18.5 Å². The zero-order valence-electron chi connectivity index (χ0n) is 17.0. The first-order valence-corrected chi connectivity index (χ1v) is 10.5. The van der Waals surface area contributed by atoms with Crippen molar-refractivity contribution in [3.8, 4) is 0 Å². The number of imide groups is 1. The fourth-order valence-corrected chi connectivity index (χ4v) is 4.76. The highest BCUT2D eigenvalue weighted by Crippen LogP contribution is 2.34. The number of ether oxygens (including phenoxy) is 1. The Labute approximate surface area is 176 Å². The molecule has 0 spiro atoms. The molecule has 3 fully saturated rings. The topological polar surface area (TPSA) is 68.4 Å². The van der Waals surface area contributed by atoms with E-state index in [1.165, 1.54) is 4.90 Å². The van der Waals surface area contributed by atoms with Gasteiger partial charge in [-0.2, -0.15) is 0 Å². The molecule has 0 aliphatic carbocycles. The predicted octanol–water partition coefficient (Wildman–Crippen LogP) is 1.61. The Kier molecular flexibility index (Phi) is 5.70. The van der Waals surface area contributed by atoms with Gasteiger partial charge in [0.2, 0.25) is 0 Å². The Bertz CT molecular complexity index is 793. The van der Waals surface area contributed by atoms with Crippen LogP contribution in [0.2, 0.25) is 5.02 Å². The summed E-state index contributed by atoms with van der Waals surface area (Å²) in [5, 5.41) is 4.19. The van der Waals surface area contributed by atoms with Crippen molar-refractivity contribution in [1.82, 2.24) is 20.0 Å². The average Bonchev–Trinajstić information content (AvgIpc) is 3.08. The number of carbonyl (C=O) groups excluding carboxylic acids is 2. The summed E-state index contributed by atoms with van der Waals surface area (Å²) < 4.78 is 5.37. The Balaban J connectivity index is 1.62. The van der Waals surface area contributed by atoms with Crippen molar-refractivity contribution in [2.24, 2.45) is 5.92 Å². The monoisotopic (exact) mass is 421 g/mol. The number of amides is 3. The maximum Gasteiger partial charge on any atom is 0.327 e. The SMILES string of the molecule is CCOCCN1C(=O)C2C(NC3N(c4cccc(Cl)c4)CC(C)CN23)N(C)C1=O. The number of fused-ring (bicyclic) bond motifs is 3. The zero-order valence-corrected chi connectivity index (χ0v) is 17.8. The predicted molar refractivity (Wildman–Crippen MR) is 111 cm³/mol. The molecule has 9 heteroatoms. The first kappa shape index (κ1) is 20.4. The lowest BCUT2D eigenvalue weighted by atomic mass is 10.0. The van der Waals surface area contributed by atoms with Gasteiger partial charge in [0, 0.05) is 37.5 Å². The van der Waals surface area contributed by atoms with Crippen LogP contribution in [0.25, 0.3) is 0 Å². The van der Waals surface area contributed by atoms with E-state index in [4.69, 9.17) is 16.3 Å². The lowest BCUT2D eigenvalue weighted by Gasteiger charge is -2.46. The molecular weight excluding hydrogens is 394 g/mol. The summed E-state index contributed by atoms with van der Waals surface area (Å²) in [7, 11) is 1.75. The maximum absolute atomic E-state index is 13.3. The average molecular weight is 422 g/mol. The lowest BCUT2D eigenvalue weighted by molar-refractivity contribution is -0.139. The third kappa shape index (κ3) is 3.59. The highest BCUT2D eigenvalue weighted by molar-refractivity contribution is 6.30. The molecular formula is C20H28ClN5O3.